The van der Waals surface area contributed by atoms with Crippen molar-refractivity contribution in [2.45, 2.75) is 38.3 Å². The maximum Gasteiger partial charge on any atom is 0.173 e. The molecule has 1 N–H and O–H groups in total. The molecule has 29 heavy (non-hydrogen) atoms. The summed E-state index contributed by atoms with van der Waals surface area (Å²) in [4.78, 5) is 2.25. The van der Waals surface area contributed by atoms with E-state index in [1.165, 1.54) is 12.8 Å². The average Bonchev–Trinajstić information content (AvgIpc) is 3.26. The van der Waals surface area contributed by atoms with Crippen LogP contribution in [0.2, 0.25) is 5.02 Å². The summed E-state index contributed by atoms with van der Waals surface area (Å²) in [6.07, 6.45) is 4.70. The Hall–Kier alpha value is -2.18. The van der Waals surface area contributed by atoms with Gasteiger partial charge < -0.3 is 24.4 Å². The van der Waals surface area contributed by atoms with Crippen LogP contribution < -0.4 is 19.5 Å². The number of thiocarbonyl (C=S) groups is 1. The molecule has 0 unspecified atom stereocenters. The zero-order valence-electron chi connectivity index (χ0n) is 17.0. The molecule has 0 aromatic heterocycles. The summed E-state index contributed by atoms with van der Waals surface area (Å²) < 4.78 is 16.1. The second-order valence-electron chi connectivity index (χ2n) is 7.02. The SMILES string of the molecule is COc1ccc(CN(C(=S)Nc2ccc(OC)c(Cl)c2)C2CCCC2)c(OC)c1. The molecule has 7 heteroatoms. The van der Waals surface area contributed by atoms with Crippen LogP contribution in [0.25, 0.3) is 0 Å². The number of hydrogen-bond acceptors (Lipinski definition) is 4. The van der Waals surface area contributed by atoms with Crippen molar-refractivity contribution in [3.8, 4) is 17.2 Å². The van der Waals surface area contributed by atoms with Gasteiger partial charge in [-0.2, -0.15) is 0 Å². The van der Waals surface area contributed by atoms with Gasteiger partial charge in [0.25, 0.3) is 0 Å². The molecule has 2 aromatic rings. The molecular weight excluding hydrogens is 408 g/mol. The molecule has 0 atom stereocenters. The molecule has 0 spiro atoms. The number of rotatable bonds is 7. The highest BCUT2D eigenvalue weighted by molar-refractivity contribution is 7.80. The zero-order chi connectivity index (χ0) is 20.8. The van der Waals surface area contributed by atoms with Gasteiger partial charge in [0.05, 0.1) is 26.4 Å². The van der Waals surface area contributed by atoms with Crippen LogP contribution in [0.5, 0.6) is 17.2 Å². The lowest BCUT2D eigenvalue weighted by Gasteiger charge is -2.32. The van der Waals surface area contributed by atoms with E-state index in [1.807, 2.05) is 36.4 Å². The predicted octanol–water partition coefficient (Wildman–Crippen LogP) is 5.51. The first-order chi connectivity index (χ1) is 14.0. The Morgan fingerprint density at radius 1 is 1.03 bits per heavy atom. The molecule has 1 saturated carbocycles. The molecule has 0 saturated heterocycles. The summed E-state index contributed by atoms with van der Waals surface area (Å²) in [6.45, 7) is 0.660. The molecule has 1 aliphatic rings. The van der Waals surface area contributed by atoms with E-state index < -0.39 is 0 Å². The van der Waals surface area contributed by atoms with Gasteiger partial charge >= 0.3 is 0 Å². The van der Waals surface area contributed by atoms with E-state index in [0.29, 0.717) is 28.5 Å². The Kier molecular flexibility index (Phi) is 7.45. The van der Waals surface area contributed by atoms with Gasteiger partial charge in [-0.1, -0.05) is 24.4 Å². The van der Waals surface area contributed by atoms with E-state index in [9.17, 15) is 0 Å². The molecule has 0 bridgehead atoms. The largest absolute Gasteiger partial charge is 0.497 e. The minimum atomic E-state index is 0.399. The third-order valence-electron chi connectivity index (χ3n) is 5.26. The van der Waals surface area contributed by atoms with Gasteiger partial charge in [-0.15, -0.1) is 0 Å². The highest BCUT2D eigenvalue weighted by Gasteiger charge is 2.26. The number of benzene rings is 2. The second kappa shape index (κ2) is 10.0. The van der Waals surface area contributed by atoms with Gasteiger partial charge in [0.1, 0.15) is 17.2 Å². The first kappa shape index (κ1) is 21.5. The van der Waals surface area contributed by atoms with Crippen LogP contribution in [0.4, 0.5) is 5.69 Å². The third kappa shape index (κ3) is 5.25. The molecule has 0 radical (unpaired) electrons. The van der Waals surface area contributed by atoms with Crippen LogP contribution in [0.15, 0.2) is 36.4 Å². The van der Waals surface area contributed by atoms with Crippen LogP contribution in [-0.2, 0) is 6.54 Å². The van der Waals surface area contributed by atoms with Gasteiger partial charge in [-0.25, -0.2) is 0 Å². The number of anilines is 1. The topological polar surface area (TPSA) is 43.0 Å². The molecule has 1 aliphatic carbocycles. The number of ether oxygens (including phenoxy) is 3. The summed E-state index contributed by atoms with van der Waals surface area (Å²) in [7, 11) is 4.93. The molecular formula is C22H27ClN2O3S. The minimum Gasteiger partial charge on any atom is -0.497 e. The van der Waals surface area contributed by atoms with Crippen molar-refractivity contribution in [2.24, 2.45) is 0 Å². The first-order valence-electron chi connectivity index (χ1n) is 9.67. The van der Waals surface area contributed by atoms with Gasteiger partial charge in [-0.05, 0) is 55.4 Å². The second-order valence-corrected chi connectivity index (χ2v) is 7.82. The first-order valence-corrected chi connectivity index (χ1v) is 10.5. The van der Waals surface area contributed by atoms with Gasteiger partial charge in [-0.3, -0.25) is 0 Å². The molecule has 0 aliphatic heterocycles. The van der Waals surface area contributed by atoms with E-state index in [1.54, 1.807) is 21.3 Å². The third-order valence-corrected chi connectivity index (χ3v) is 5.90. The highest BCUT2D eigenvalue weighted by Crippen LogP contribution is 2.31. The van der Waals surface area contributed by atoms with Crippen LogP contribution in [0.3, 0.4) is 0 Å². The molecule has 2 aromatic carbocycles. The molecule has 156 valence electrons. The Balaban J connectivity index is 1.82. The van der Waals surface area contributed by atoms with Crippen LogP contribution >= 0.6 is 23.8 Å². The van der Waals surface area contributed by atoms with Crippen molar-refractivity contribution in [3.05, 3.63) is 47.0 Å². The van der Waals surface area contributed by atoms with Crippen molar-refractivity contribution in [1.29, 1.82) is 0 Å². The maximum absolute atomic E-state index is 6.27. The predicted molar refractivity (Wildman–Crippen MR) is 122 cm³/mol. The quantitative estimate of drug-likeness (QED) is 0.580. The van der Waals surface area contributed by atoms with Crippen molar-refractivity contribution in [2.75, 3.05) is 26.6 Å². The number of nitrogens with one attached hydrogen (secondary N) is 1. The molecule has 3 rings (SSSR count). The van der Waals surface area contributed by atoms with Crippen LogP contribution in [0.1, 0.15) is 31.2 Å². The highest BCUT2D eigenvalue weighted by atomic mass is 35.5. The number of halogens is 1. The summed E-state index contributed by atoms with van der Waals surface area (Å²) in [6, 6.07) is 11.9. The fourth-order valence-corrected chi connectivity index (χ4v) is 4.28. The fourth-order valence-electron chi connectivity index (χ4n) is 3.69. The number of nitrogens with zero attached hydrogens (tertiary/aromatic N) is 1. The van der Waals surface area contributed by atoms with E-state index in [4.69, 9.17) is 38.0 Å². The fraction of sp³-hybridized carbons (Fsp3) is 0.409. The molecule has 5 nitrogen and oxygen atoms in total. The lowest BCUT2D eigenvalue weighted by Crippen LogP contribution is -2.41. The number of methoxy groups -OCH3 is 3. The zero-order valence-corrected chi connectivity index (χ0v) is 18.6. The van der Waals surface area contributed by atoms with E-state index >= 15 is 0 Å². The van der Waals surface area contributed by atoms with Gasteiger partial charge in [0, 0.05) is 29.9 Å². The van der Waals surface area contributed by atoms with E-state index in [2.05, 4.69) is 10.2 Å². The molecule has 0 heterocycles. The van der Waals surface area contributed by atoms with E-state index in [-0.39, 0.29) is 0 Å². The normalized spacial score (nSPS) is 13.8. The molecule has 0 amide bonds. The van der Waals surface area contributed by atoms with Crippen molar-refractivity contribution in [3.63, 3.8) is 0 Å². The smallest absolute Gasteiger partial charge is 0.173 e. The Morgan fingerprint density at radius 3 is 2.38 bits per heavy atom. The lowest BCUT2D eigenvalue weighted by molar-refractivity contribution is 0.304. The Labute approximate surface area is 182 Å². The monoisotopic (exact) mass is 434 g/mol. The standard InChI is InChI=1S/C22H27ClN2O3S/c1-26-18-10-8-15(21(13-18)28-3)14-25(17-6-4-5-7-17)22(29)24-16-9-11-20(27-2)19(23)12-16/h8-13,17H,4-7,14H2,1-3H3,(H,24,29). The van der Waals surface area contributed by atoms with E-state index in [0.717, 1.165) is 35.6 Å². The van der Waals surface area contributed by atoms with Crippen molar-refractivity contribution >= 4 is 34.6 Å². The summed E-state index contributed by atoms with van der Waals surface area (Å²) in [5, 5.41) is 4.57. The average molecular weight is 435 g/mol. The lowest BCUT2D eigenvalue weighted by atomic mass is 10.1. The molecule has 1 fully saturated rings. The van der Waals surface area contributed by atoms with Crippen LogP contribution in [-0.4, -0.2) is 37.4 Å². The number of hydrogen-bond donors (Lipinski definition) is 1. The minimum absolute atomic E-state index is 0.399. The van der Waals surface area contributed by atoms with Crippen LogP contribution in [0, 0.1) is 0 Å². The van der Waals surface area contributed by atoms with Crippen molar-refractivity contribution in [1.82, 2.24) is 4.90 Å². The van der Waals surface area contributed by atoms with Gasteiger partial charge in [0.15, 0.2) is 5.11 Å². The summed E-state index contributed by atoms with van der Waals surface area (Å²) in [5.41, 5.74) is 1.91. The van der Waals surface area contributed by atoms with Gasteiger partial charge in [0.2, 0.25) is 0 Å². The van der Waals surface area contributed by atoms with Crippen molar-refractivity contribution < 1.29 is 14.2 Å². The summed E-state index contributed by atoms with van der Waals surface area (Å²) in [5.74, 6) is 2.20. The summed E-state index contributed by atoms with van der Waals surface area (Å²) >= 11 is 12.1. The Bertz CT molecular complexity index is 856. The maximum atomic E-state index is 6.27. The Morgan fingerprint density at radius 2 is 1.76 bits per heavy atom.